The first kappa shape index (κ1) is 21.8. The molecule has 0 aromatic heterocycles. The van der Waals surface area contributed by atoms with Gasteiger partial charge in [-0.05, 0) is 55.0 Å². The maximum atomic E-state index is 12.7. The zero-order valence-electron chi connectivity index (χ0n) is 17.2. The minimum Gasteiger partial charge on any atom is -0.497 e. The number of hydrogen-bond acceptors (Lipinski definition) is 5. The van der Waals surface area contributed by atoms with Crippen LogP contribution in [-0.2, 0) is 11.3 Å². The second-order valence-electron chi connectivity index (χ2n) is 7.76. The molecule has 0 heterocycles. The number of nitrogens with zero attached hydrogens (tertiary/aromatic N) is 1. The maximum Gasteiger partial charge on any atom is 0.320 e. The number of carboxylic acid groups (broad SMARTS) is 1. The molecule has 0 saturated heterocycles. The second kappa shape index (κ2) is 10.2. The molecule has 1 atom stereocenters. The number of carbonyl (C=O) groups is 2. The highest BCUT2D eigenvalue weighted by Crippen LogP contribution is 2.31. The van der Waals surface area contributed by atoms with Crippen molar-refractivity contribution in [3.63, 3.8) is 0 Å². The van der Waals surface area contributed by atoms with Gasteiger partial charge in [0.1, 0.15) is 11.8 Å². The summed E-state index contributed by atoms with van der Waals surface area (Å²) in [5.74, 6) is 0.0984. The number of amides is 1. The molecule has 0 unspecified atom stereocenters. The average Bonchev–Trinajstić information content (AvgIpc) is 3.57. The number of ether oxygens (including phenoxy) is 1. The third kappa shape index (κ3) is 6.30. The molecule has 0 spiro atoms. The van der Waals surface area contributed by atoms with Gasteiger partial charge in [-0.25, -0.2) is 0 Å². The van der Waals surface area contributed by atoms with Gasteiger partial charge in [0.15, 0.2) is 0 Å². The van der Waals surface area contributed by atoms with Gasteiger partial charge in [0.05, 0.1) is 7.11 Å². The summed E-state index contributed by atoms with van der Waals surface area (Å²) in [6.07, 6.45) is 2.80. The van der Waals surface area contributed by atoms with Gasteiger partial charge in [-0.3, -0.25) is 14.5 Å². The highest BCUT2D eigenvalue weighted by atomic mass is 16.5. The molecule has 7 nitrogen and oxygen atoms in total. The predicted molar refractivity (Wildman–Crippen MR) is 116 cm³/mol. The van der Waals surface area contributed by atoms with Crippen molar-refractivity contribution in [1.29, 1.82) is 0 Å². The molecular formula is C23H29N3O4. The first-order valence-corrected chi connectivity index (χ1v) is 10.2. The molecular weight excluding hydrogens is 382 g/mol. The molecule has 1 aliphatic carbocycles. The lowest BCUT2D eigenvalue weighted by atomic mass is 10.1. The molecule has 7 heteroatoms. The maximum absolute atomic E-state index is 12.7. The predicted octanol–water partition coefficient (Wildman–Crippen LogP) is 2.96. The smallest absolute Gasteiger partial charge is 0.320 e. The fourth-order valence-corrected chi connectivity index (χ4v) is 3.33. The van der Waals surface area contributed by atoms with E-state index < -0.39 is 12.0 Å². The quantitative estimate of drug-likeness (QED) is 0.525. The molecule has 0 bridgehead atoms. The summed E-state index contributed by atoms with van der Waals surface area (Å²) >= 11 is 0. The molecule has 0 aliphatic heterocycles. The van der Waals surface area contributed by atoms with Crippen LogP contribution in [0, 0.1) is 5.92 Å². The Bertz CT molecular complexity index is 882. The molecule has 1 fully saturated rings. The van der Waals surface area contributed by atoms with Crippen LogP contribution in [0.5, 0.6) is 5.75 Å². The van der Waals surface area contributed by atoms with Gasteiger partial charge in [-0.1, -0.05) is 24.3 Å². The summed E-state index contributed by atoms with van der Waals surface area (Å²) in [6, 6.07) is 13.8. The molecule has 0 radical (unpaired) electrons. The lowest BCUT2D eigenvalue weighted by Crippen LogP contribution is -2.36. The molecule has 30 heavy (non-hydrogen) atoms. The van der Waals surface area contributed by atoms with Crippen LogP contribution in [0.4, 0.5) is 5.69 Å². The van der Waals surface area contributed by atoms with Crippen LogP contribution in [0.15, 0.2) is 48.5 Å². The monoisotopic (exact) mass is 411 g/mol. The number of nitrogens with two attached hydrogens (primary N) is 1. The first-order chi connectivity index (χ1) is 14.5. The lowest BCUT2D eigenvalue weighted by Gasteiger charge is -2.24. The van der Waals surface area contributed by atoms with E-state index in [1.165, 1.54) is 12.8 Å². The average molecular weight is 412 g/mol. The van der Waals surface area contributed by atoms with Gasteiger partial charge < -0.3 is 20.9 Å². The van der Waals surface area contributed by atoms with E-state index in [1.54, 1.807) is 31.4 Å². The summed E-state index contributed by atoms with van der Waals surface area (Å²) in [4.78, 5) is 26.0. The van der Waals surface area contributed by atoms with Gasteiger partial charge in [-0.2, -0.15) is 0 Å². The number of para-hydroxylation sites is 1. The molecule has 4 N–H and O–H groups in total. The zero-order chi connectivity index (χ0) is 21.5. The number of aliphatic carboxylic acids is 1. The largest absolute Gasteiger partial charge is 0.497 e. The van der Waals surface area contributed by atoms with Crippen molar-refractivity contribution in [2.24, 2.45) is 11.7 Å². The van der Waals surface area contributed by atoms with Crippen LogP contribution in [0.25, 0.3) is 0 Å². The van der Waals surface area contributed by atoms with Crippen LogP contribution in [0.1, 0.15) is 35.2 Å². The van der Waals surface area contributed by atoms with Crippen LogP contribution in [-0.4, -0.2) is 48.1 Å². The van der Waals surface area contributed by atoms with Crippen LogP contribution < -0.4 is 15.8 Å². The van der Waals surface area contributed by atoms with E-state index >= 15 is 0 Å². The minimum absolute atomic E-state index is 0.206. The van der Waals surface area contributed by atoms with Crippen molar-refractivity contribution in [1.82, 2.24) is 4.90 Å². The van der Waals surface area contributed by atoms with Crippen LogP contribution >= 0.6 is 0 Å². The Hall–Kier alpha value is -2.90. The van der Waals surface area contributed by atoms with Gasteiger partial charge in [0.25, 0.3) is 5.91 Å². The fourth-order valence-electron chi connectivity index (χ4n) is 3.33. The van der Waals surface area contributed by atoms with Gasteiger partial charge in [-0.15, -0.1) is 0 Å². The zero-order valence-corrected chi connectivity index (χ0v) is 17.2. The van der Waals surface area contributed by atoms with Crippen molar-refractivity contribution < 1.29 is 19.4 Å². The third-order valence-electron chi connectivity index (χ3n) is 5.28. The molecule has 160 valence electrons. The number of carbonyl (C=O) groups excluding carboxylic acids is 1. The summed E-state index contributed by atoms with van der Waals surface area (Å²) in [7, 11) is 1.57. The third-order valence-corrected chi connectivity index (χ3v) is 5.28. The molecule has 1 saturated carbocycles. The van der Waals surface area contributed by atoms with Crippen LogP contribution in [0.3, 0.4) is 0 Å². The standard InChI is InChI=1S/C23H29N3O4/c1-30-19-7-4-6-17(13-19)22(27)25-21-8-3-2-5-18(21)15-26(14-16-9-10-16)12-11-20(24)23(28)29/h2-8,13,16,20H,9-12,14-15,24H2,1H3,(H,25,27)(H,28,29)/t20-/m0/s1. The number of rotatable bonds is 11. The van der Waals surface area contributed by atoms with E-state index in [0.717, 1.165) is 17.8 Å². The van der Waals surface area contributed by atoms with E-state index in [4.69, 9.17) is 15.6 Å². The molecule has 2 aromatic carbocycles. The Morgan fingerprint density at radius 2 is 2.00 bits per heavy atom. The summed E-state index contributed by atoms with van der Waals surface area (Å²) < 4.78 is 5.20. The minimum atomic E-state index is -0.979. The second-order valence-corrected chi connectivity index (χ2v) is 7.76. The van der Waals surface area contributed by atoms with Gasteiger partial charge in [0.2, 0.25) is 0 Å². The Kier molecular flexibility index (Phi) is 7.43. The number of anilines is 1. The van der Waals surface area contributed by atoms with E-state index in [9.17, 15) is 9.59 Å². The molecule has 3 rings (SSSR count). The normalized spacial score (nSPS) is 14.4. The molecule has 2 aromatic rings. The lowest BCUT2D eigenvalue weighted by molar-refractivity contribution is -0.138. The number of hydrogen-bond donors (Lipinski definition) is 3. The van der Waals surface area contributed by atoms with E-state index in [1.807, 2.05) is 24.3 Å². The van der Waals surface area contributed by atoms with E-state index in [-0.39, 0.29) is 5.91 Å². The molecule has 1 amide bonds. The van der Waals surface area contributed by atoms with E-state index in [0.29, 0.717) is 36.7 Å². The Morgan fingerprint density at radius 1 is 1.23 bits per heavy atom. The number of carboxylic acids is 1. The van der Waals surface area contributed by atoms with Crippen molar-refractivity contribution in [2.45, 2.75) is 31.8 Å². The SMILES string of the molecule is COc1cccc(C(=O)Nc2ccccc2CN(CC[C@H](N)C(=O)O)CC2CC2)c1. The van der Waals surface area contributed by atoms with Crippen molar-refractivity contribution in [3.05, 3.63) is 59.7 Å². The van der Waals surface area contributed by atoms with Gasteiger partial charge >= 0.3 is 5.97 Å². The number of benzene rings is 2. The summed E-state index contributed by atoms with van der Waals surface area (Å²) in [6.45, 7) is 2.13. The summed E-state index contributed by atoms with van der Waals surface area (Å²) in [5, 5.41) is 12.1. The Balaban J connectivity index is 1.70. The fraction of sp³-hybridized carbons (Fsp3) is 0.391. The Labute approximate surface area is 176 Å². The Morgan fingerprint density at radius 3 is 2.70 bits per heavy atom. The highest BCUT2D eigenvalue weighted by molar-refractivity contribution is 6.04. The first-order valence-electron chi connectivity index (χ1n) is 10.2. The van der Waals surface area contributed by atoms with Crippen LogP contribution in [0.2, 0.25) is 0 Å². The van der Waals surface area contributed by atoms with Crippen molar-refractivity contribution in [2.75, 3.05) is 25.5 Å². The van der Waals surface area contributed by atoms with Gasteiger partial charge in [0, 0.05) is 30.9 Å². The number of nitrogens with one attached hydrogen (secondary N) is 1. The van der Waals surface area contributed by atoms with Crippen molar-refractivity contribution in [3.8, 4) is 5.75 Å². The highest BCUT2D eigenvalue weighted by Gasteiger charge is 2.25. The molecule has 1 aliphatic rings. The summed E-state index contributed by atoms with van der Waals surface area (Å²) in [5.41, 5.74) is 7.94. The van der Waals surface area contributed by atoms with Crippen molar-refractivity contribution >= 4 is 17.6 Å². The number of methoxy groups -OCH3 is 1. The van der Waals surface area contributed by atoms with E-state index in [2.05, 4.69) is 10.2 Å². The topological polar surface area (TPSA) is 105 Å².